The molecule has 2 rings (SSSR count). The number of amides is 2. The fraction of sp³-hybridized carbons (Fsp3) is 0.250. The topological polar surface area (TPSA) is 105 Å². The molecule has 2 amide bonds. The predicted octanol–water partition coefficient (Wildman–Crippen LogP) is 0.913. The third kappa shape index (κ3) is 3.89. The van der Waals surface area contributed by atoms with E-state index in [2.05, 4.69) is 10.6 Å². The van der Waals surface area contributed by atoms with Gasteiger partial charge in [0.25, 0.3) is 5.24 Å². The Labute approximate surface area is 118 Å². The van der Waals surface area contributed by atoms with Crippen molar-refractivity contribution in [1.82, 2.24) is 5.32 Å². The molecule has 3 N–H and O–H groups in total. The van der Waals surface area contributed by atoms with Crippen LogP contribution >= 0.6 is 11.8 Å². The third-order valence-electron chi connectivity index (χ3n) is 2.45. The summed E-state index contributed by atoms with van der Waals surface area (Å²) in [5.74, 6) is -0.668. The lowest BCUT2D eigenvalue weighted by Gasteiger charge is -2.11. The van der Waals surface area contributed by atoms with Crippen molar-refractivity contribution < 1.29 is 24.2 Å². The van der Waals surface area contributed by atoms with Gasteiger partial charge in [-0.3, -0.25) is 9.59 Å². The van der Waals surface area contributed by atoms with Gasteiger partial charge in [0.05, 0.1) is 0 Å². The summed E-state index contributed by atoms with van der Waals surface area (Å²) in [4.78, 5) is 33.3. The molecule has 106 valence electrons. The summed E-state index contributed by atoms with van der Waals surface area (Å²) in [6.45, 7) is -0.452. The zero-order chi connectivity index (χ0) is 14.5. The standard InChI is InChI=1S/C12H12N2O5S/c15-10(16)5-19-8-3-1-2-7(4-8)13-11(17)9-6-20-12(18)14-9/h1-4,9H,5-6H2,(H,13,17)(H,14,18)(H,15,16). The van der Waals surface area contributed by atoms with Crippen molar-refractivity contribution in [2.24, 2.45) is 0 Å². The molecule has 1 aromatic rings. The Morgan fingerprint density at radius 3 is 2.95 bits per heavy atom. The van der Waals surface area contributed by atoms with Crippen LogP contribution in [0.5, 0.6) is 5.75 Å². The number of nitrogens with one attached hydrogen (secondary N) is 2. The number of carboxylic acid groups (broad SMARTS) is 1. The fourth-order valence-corrected chi connectivity index (χ4v) is 2.34. The second kappa shape index (κ2) is 6.29. The van der Waals surface area contributed by atoms with Crippen LogP contribution in [-0.4, -0.2) is 40.6 Å². The highest BCUT2D eigenvalue weighted by Gasteiger charge is 2.27. The first-order valence-electron chi connectivity index (χ1n) is 5.73. The average molecular weight is 296 g/mol. The van der Waals surface area contributed by atoms with Gasteiger partial charge in [0.1, 0.15) is 11.8 Å². The van der Waals surface area contributed by atoms with Gasteiger partial charge >= 0.3 is 5.97 Å². The summed E-state index contributed by atoms with van der Waals surface area (Å²) in [5, 5.41) is 13.5. The van der Waals surface area contributed by atoms with Crippen molar-refractivity contribution >= 4 is 34.6 Å². The van der Waals surface area contributed by atoms with E-state index < -0.39 is 18.6 Å². The number of rotatable bonds is 5. The van der Waals surface area contributed by atoms with E-state index in [1.165, 1.54) is 6.07 Å². The van der Waals surface area contributed by atoms with Gasteiger partial charge in [0.15, 0.2) is 6.61 Å². The molecule has 0 spiro atoms. The second-order valence-corrected chi connectivity index (χ2v) is 4.99. The first kappa shape index (κ1) is 14.2. The lowest BCUT2D eigenvalue weighted by Crippen LogP contribution is -2.38. The summed E-state index contributed by atoms with van der Waals surface area (Å²) >= 11 is 1.06. The van der Waals surface area contributed by atoms with Gasteiger partial charge < -0.3 is 20.5 Å². The van der Waals surface area contributed by atoms with Crippen LogP contribution in [0.4, 0.5) is 10.5 Å². The molecule has 1 saturated heterocycles. The van der Waals surface area contributed by atoms with E-state index in [1.807, 2.05) is 0 Å². The zero-order valence-corrected chi connectivity index (χ0v) is 11.1. The van der Waals surface area contributed by atoms with Gasteiger partial charge in [-0.05, 0) is 12.1 Å². The molecule has 1 fully saturated rings. The van der Waals surface area contributed by atoms with Gasteiger partial charge in [0.2, 0.25) is 5.91 Å². The Hall–Kier alpha value is -2.22. The third-order valence-corrected chi connectivity index (χ3v) is 3.33. The fourth-order valence-electron chi connectivity index (χ4n) is 1.56. The Morgan fingerprint density at radius 2 is 2.30 bits per heavy atom. The van der Waals surface area contributed by atoms with Crippen LogP contribution in [-0.2, 0) is 9.59 Å². The van der Waals surface area contributed by atoms with Crippen molar-refractivity contribution in [2.45, 2.75) is 6.04 Å². The number of anilines is 1. The molecular weight excluding hydrogens is 284 g/mol. The normalized spacial score (nSPS) is 17.4. The van der Waals surface area contributed by atoms with E-state index in [0.29, 0.717) is 17.2 Å². The van der Waals surface area contributed by atoms with Gasteiger partial charge in [0, 0.05) is 17.5 Å². The molecule has 7 nitrogen and oxygen atoms in total. The van der Waals surface area contributed by atoms with Gasteiger partial charge in [-0.25, -0.2) is 4.79 Å². The summed E-state index contributed by atoms with van der Waals surface area (Å²) in [6, 6.07) is 5.83. The molecule has 1 heterocycles. The summed E-state index contributed by atoms with van der Waals surface area (Å²) in [6.07, 6.45) is 0. The van der Waals surface area contributed by atoms with Crippen LogP contribution in [0.3, 0.4) is 0 Å². The van der Waals surface area contributed by atoms with E-state index in [-0.39, 0.29) is 11.1 Å². The van der Waals surface area contributed by atoms with E-state index in [1.54, 1.807) is 18.2 Å². The lowest BCUT2D eigenvalue weighted by molar-refractivity contribution is -0.139. The van der Waals surface area contributed by atoms with E-state index >= 15 is 0 Å². The monoisotopic (exact) mass is 296 g/mol. The SMILES string of the molecule is O=C(O)COc1cccc(NC(=O)C2CSC(=O)N2)c1. The van der Waals surface area contributed by atoms with Crippen molar-refractivity contribution in [3.05, 3.63) is 24.3 Å². The zero-order valence-electron chi connectivity index (χ0n) is 10.3. The molecule has 0 aliphatic carbocycles. The molecule has 0 saturated carbocycles. The van der Waals surface area contributed by atoms with Gasteiger partial charge in [-0.1, -0.05) is 17.8 Å². The number of hydrogen-bond donors (Lipinski definition) is 3. The number of carbonyl (C=O) groups excluding carboxylic acids is 2. The molecule has 0 bridgehead atoms. The number of carboxylic acids is 1. The number of hydrogen-bond acceptors (Lipinski definition) is 5. The molecule has 1 unspecified atom stereocenters. The minimum atomic E-state index is -1.08. The highest BCUT2D eigenvalue weighted by atomic mass is 32.2. The maximum atomic E-state index is 11.9. The maximum Gasteiger partial charge on any atom is 0.341 e. The molecule has 8 heteroatoms. The molecular formula is C12H12N2O5S. The van der Waals surface area contributed by atoms with E-state index in [0.717, 1.165) is 11.8 Å². The number of carbonyl (C=O) groups is 3. The summed E-state index contributed by atoms with van der Waals surface area (Å²) in [5.41, 5.74) is 0.476. The van der Waals surface area contributed by atoms with Gasteiger partial charge in [-0.15, -0.1) is 0 Å². The highest BCUT2D eigenvalue weighted by Crippen LogP contribution is 2.19. The lowest BCUT2D eigenvalue weighted by atomic mass is 10.2. The number of thioether (sulfide) groups is 1. The van der Waals surface area contributed by atoms with Crippen LogP contribution in [0.1, 0.15) is 0 Å². The largest absolute Gasteiger partial charge is 0.482 e. The van der Waals surface area contributed by atoms with Crippen molar-refractivity contribution in [1.29, 1.82) is 0 Å². The molecule has 20 heavy (non-hydrogen) atoms. The first-order valence-corrected chi connectivity index (χ1v) is 6.72. The van der Waals surface area contributed by atoms with Crippen molar-refractivity contribution in [3.8, 4) is 5.75 Å². The van der Waals surface area contributed by atoms with Crippen molar-refractivity contribution in [3.63, 3.8) is 0 Å². The predicted molar refractivity (Wildman–Crippen MR) is 73.0 cm³/mol. The molecule has 1 aromatic carbocycles. The van der Waals surface area contributed by atoms with Crippen LogP contribution in [0.2, 0.25) is 0 Å². The molecule has 1 atom stereocenters. The number of aliphatic carboxylic acids is 1. The quantitative estimate of drug-likeness (QED) is 0.746. The van der Waals surface area contributed by atoms with Crippen molar-refractivity contribution in [2.75, 3.05) is 17.7 Å². The molecule has 0 aromatic heterocycles. The van der Waals surface area contributed by atoms with Gasteiger partial charge in [-0.2, -0.15) is 0 Å². The van der Waals surface area contributed by atoms with E-state index in [4.69, 9.17) is 9.84 Å². The van der Waals surface area contributed by atoms with Crippen LogP contribution in [0, 0.1) is 0 Å². The minimum Gasteiger partial charge on any atom is -0.482 e. The Kier molecular flexibility index (Phi) is 4.46. The molecule has 1 aliphatic rings. The van der Waals surface area contributed by atoms with Crippen LogP contribution in [0.25, 0.3) is 0 Å². The summed E-state index contributed by atoms with van der Waals surface area (Å²) in [7, 11) is 0. The first-order chi connectivity index (χ1) is 9.54. The van der Waals surface area contributed by atoms with Crippen LogP contribution in [0.15, 0.2) is 24.3 Å². The highest BCUT2D eigenvalue weighted by molar-refractivity contribution is 8.14. The average Bonchev–Trinajstić information content (AvgIpc) is 2.84. The molecule has 1 aliphatic heterocycles. The van der Waals surface area contributed by atoms with E-state index in [9.17, 15) is 14.4 Å². The Bertz CT molecular complexity index is 548. The Morgan fingerprint density at radius 1 is 1.50 bits per heavy atom. The summed E-state index contributed by atoms with van der Waals surface area (Å²) < 4.78 is 5.01. The number of ether oxygens (including phenoxy) is 1. The maximum absolute atomic E-state index is 11.9. The van der Waals surface area contributed by atoms with Crippen LogP contribution < -0.4 is 15.4 Å². The minimum absolute atomic E-state index is 0.219. The second-order valence-electron chi connectivity index (χ2n) is 3.99. The number of benzene rings is 1. The smallest absolute Gasteiger partial charge is 0.341 e. The Balaban J connectivity index is 1.95. The molecule has 0 radical (unpaired) electrons.